The molecule has 0 saturated heterocycles. The Morgan fingerprint density at radius 1 is 1.33 bits per heavy atom. The number of carbonyl (C=O) groups is 1. The van der Waals surface area contributed by atoms with E-state index in [1.165, 1.54) is 12.5 Å². The van der Waals surface area contributed by atoms with Gasteiger partial charge >= 0.3 is 5.97 Å². The molecule has 0 unspecified atom stereocenters. The molecule has 0 aliphatic heterocycles. The zero-order valence-corrected chi connectivity index (χ0v) is 9.81. The van der Waals surface area contributed by atoms with E-state index in [2.05, 4.69) is 4.72 Å². The number of hydrogen-bond donors (Lipinski definition) is 2. The minimum absolute atomic E-state index is 0.0297. The Morgan fingerprint density at radius 2 is 2.11 bits per heavy atom. The van der Waals surface area contributed by atoms with E-state index in [-0.39, 0.29) is 6.54 Å². The average molecular weight is 271 g/mol. The fraction of sp³-hybridized carbons (Fsp3) is 0.100. The van der Waals surface area contributed by atoms with Crippen LogP contribution in [0.2, 0.25) is 0 Å². The van der Waals surface area contributed by atoms with Crippen molar-refractivity contribution in [3.63, 3.8) is 0 Å². The topological polar surface area (TPSA) is 110 Å². The molecule has 0 aromatic carbocycles. The van der Waals surface area contributed by atoms with Crippen molar-refractivity contribution in [3.05, 3.63) is 42.0 Å². The SMILES string of the molecule is O=C(O)c1ccc(S(=O)(=O)NCc2ccoc2)o1. The van der Waals surface area contributed by atoms with Crippen LogP contribution in [0.3, 0.4) is 0 Å². The molecule has 96 valence electrons. The third kappa shape index (κ3) is 2.60. The van der Waals surface area contributed by atoms with Gasteiger partial charge in [-0.3, -0.25) is 0 Å². The number of rotatable bonds is 5. The standard InChI is InChI=1S/C10H9NO6S/c12-10(13)8-1-2-9(17-8)18(14,15)11-5-7-3-4-16-6-7/h1-4,6,11H,5H2,(H,12,13). The van der Waals surface area contributed by atoms with E-state index >= 15 is 0 Å². The van der Waals surface area contributed by atoms with Crippen LogP contribution in [0, 0.1) is 0 Å². The second-order valence-electron chi connectivity index (χ2n) is 3.38. The summed E-state index contributed by atoms with van der Waals surface area (Å²) < 4.78 is 35.2. The molecular weight excluding hydrogens is 262 g/mol. The molecule has 0 aliphatic carbocycles. The van der Waals surface area contributed by atoms with E-state index in [4.69, 9.17) is 13.9 Å². The van der Waals surface area contributed by atoms with E-state index in [0.29, 0.717) is 5.56 Å². The molecule has 2 rings (SSSR count). The second kappa shape index (κ2) is 4.67. The van der Waals surface area contributed by atoms with Crippen molar-refractivity contribution in [1.82, 2.24) is 4.72 Å². The van der Waals surface area contributed by atoms with Crippen LogP contribution in [-0.4, -0.2) is 19.5 Å². The number of hydrogen-bond acceptors (Lipinski definition) is 5. The summed E-state index contributed by atoms with van der Waals surface area (Å²) in [6, 6.07) is 3.77. The lowest BCUT2D eigenvalue weighted by molar-refractivity contribution is 0.0656. The number of nitrogens with one attached hydrogen (secondary N) is 1. The van der Waals surface area contributed by atoms with Crippen molar-refractivity contribution < 1.29 is 27.2 Å². The summed E-state index contributed by atoms with van der Waals surface area (Å²) >= 11 is 0. The fourth-order valence-electron chi connectivity index (χ4n) is 1.22. The Hall–Kier alpha value is -2.06. The predicted octanol–water partition coefficient (Wildman–Crippen LogP) is 1.05. The lowest BCUT2D eigenvalue weighted by Crippen LogP contribution is -2.22. The average Bonchev–Trinajstić information content (AvgIpc) is 2.98. The number of carboxylic acid groups (broad SMARTS) is 1. The molecule has 2 heterocycles. The summed E-state index contributed by atoms with van der Waals surface area (Å²) in [5.41, 5.74) is 0.642. The lowest BCUT2D eigenvalue weighted by Gasteiger charge is -2.01. The van der Waals surface area contributed by atoms with Gasteiger partial charge in [-0.15, -0.1) is 0 Å². The van der Waals surface area contributed by atoms with Crippen molar-refractivity contribution in [2.24, 2.45) is 0 Å². The third-order valence-electron chi connectivity index (χ3n) is 2.10. The minimum atomic E-state index is -3.87. The molecule has 8 heteroatoms. The van der Waals surface area contributed by atoms with Crippen LogP contribution >= 0.6 is 0 Å². The van der Waals surface area contributed by atoms with Gasteiger partial charge < -0.3 is 13.9 Å². The second-order valence-corrected chi connectivity index (χ2v) is 5.08. The number of carboxylic acids is 1. The summed E-state index contributed by atoms with van der Waals surface area (Å²) in [6.07, 6.45) is 2.81. The van der Waals surface area contributed by atoms with Crippen molar-refractivity contribution in [3.8, 4) is 0 Å². The van der Waals surface area contributed by atoms with Gasteiger partial charge in [-0.05, 0) is 18.2 Å². The highest BCUT2D eigenvalue weighted by atomic mass is 32.2. The zero-order valence-electron chi connectivity index (χ0n) is 8.99. The first-order chi connectivity index (χ1) is 8.49. The van der Waals surface area contributed by atoms with Gasteiger partial charge in [0.2, 0.25) is 10.9 Å². The molecule has 2 aromatic heterocycles. The van der Waals surface area contributed by atoms with Crippen molar-refractivity contribution in [2.75, 3.05) is 0 Å². The molecule has 0 spiro atoms. The first-order valence-corrected chi connectivity index (χ1v) is 6.31. The summed E-state index contributed by atoms with van der Waals surface area (Å²) in [5.74, 6) is -1.76. The highest BCUT2D eigenvalue weighted by Gasteiger charge is 2.20. The Bertz CT molecular complexity index is 640. The Labute approximate surface area is 102 Å². The Balaban J connectivity index is 2.12. The fourth-order valence-corrected chi connectivity index (χ4v) is 2.17. The van der Waals surface area contributed by atoms with Crippen LogP contribution in [0.25, 0.3) is 0 Å². The first kappa shape index (κ1) is 12.4. The first-order valence-electron chi connectivity index (χ1n) is 4.83. The summed E-state index contributed by atoms with van der Waals surface area (Å²) in [5, 5.41) is 8.18. The smallest absolute Gasteiger partial charge is 0.371 e. The highest BCUT2D eigenvalue weighted by molar-refractivity contribution is 7.89. The zero-order chi connectivity index (χ0) is 13.2. The molecule has 0 saturated carbocycles. The van der Waals surface area contributed by atoms with Crippen LogP contribution in [0.15, 0.2) is 44.7 Å². The van der Waals surface area contributed by atoms with E-state index in [1.54, 1.807) is 6.07 Å². The van der Waals surface area contributed by atoms with Crippen LogP contribution < -0.4 is 4.72 Å². The molecule has 18 heavy (non-hydrogen) atoms. The van der Waals surface area contributed by atoms with Gasteiger partial charge in [0.05, 0.1) is 12.5 Å². The summed E-state index contributed by atoms with van der Waals surface area (Å²) in [6.45, 7) is 0.0297. The van der Waals surface area contributed by atoms with Gasteiger partial charge in [0.15, 0.2) is 0 Å². The maximum atomic E-state index is 11.7. The third-order valence-corrected chi connectivity index (χ3v) is 3.38. The number of sulfonamides is 1. The van der Waals surface area contributed by atoms with Gasteiger partial charge in [-0.1, -0.05) is 0 Å². The van der Waals surface area contributed by atoms with Crippen LogP contribution in [0.4, 0.5) is 0 Å². The van der Waals surface area contributed by atoms with E-state index in [9.17, 15) is 13.2 Å². The molecule has 0 aliphatic rings. The largest absolute Gasteiger partial charge is 0.475 e. The van der Waals surface area contributed by atoms with Crippen LogP contribution in [0.5, 0.6) is 0 Å². The van der Waals surface area contributed by atoms with Gasteiger partial charge in [-0.2, -0.15) is 0 Å². The van der Waals surface area contributed by atoms with Crippen molar-refractivity contribution >= 4 is 16.0 Å². The molecule has 2 N–H and O–H groups in total. The monoisotopic (exact) mass is 271 g/mol. The summed E-state index contributed by atoms with van der Waals surface area (Å²) in [7, 11) is -3.87. The molecule has 0 bridgehead atoms. The van der Waals surface area contributed by atoms with Gasteiger partial charge in [0.25, 0.3) is 10.0 Å². The molecule has 0 amide bonds. The van der Waals surface area contributed by atoms with Gasteiger partial charge in [0, 0.05) is 12.1 Å². The molecule has 0 radical (unpaired) electrons. The predicted molar refractivity (Wildman–Crippen MR) is 58.4 cm³/mol. The van der Waals surface area contributed by atoms with E-state index in [0.717, 1.165) is 12.1 Å². The van der Waals surface area contributed by atoms with Gasteiger partial charge in [-0.25, -0.2) is 17.9 Å². The molecule has 0 atom stereocenters. The summed E-state index contributed by atoms with van der Waals surface area (Å²) in [4.78, 5) is 10.6. The Kier molecular flexibility index (Phi) is 3.21. The maximum absolute atomic E-state index is 11.7. The van der Waals surface area contributed by atoms with Gasteiger partial charge in [0.1, 0.15) is 0 Å². The van der Waals surface area contributed by atoms with Crippen molar-refractivity contribution in [2.45, 2.75) is 11.6 Å². The molecular formula is C10H9NO6S. The number of aromatic carboxylic acids is 1. The van der Waals surface area contributed by atoms with Crippen LogP contribution in [-0.2, 0) is 16.6 Å². The maximum Gasteiger partial charge on any atom is 0.371 e. The van der Waals surface area contributed by atoms with E-state index in [1.807, 2.05) is 0 Å². The molecule has 7 nitrogen and oxygen atoms in total. The number of furan rings is 2. The Morgan fingerprint density at radius 3 is 2.67 bits per heavy atom. The van der Waals surface area contributed by atoms with Crippen molar-refractivity contribution in [1.29, 1.82) is 0 Å². The molecule has 0 fully saturated rings. The minimum Gasteiger partial charge on any atom is -0.475 e. The normalized spacial score (nSPS) is 11.6. The molecule has 2 aromatic rings. The lowest BCUT2D eigenvalue weighted by atomic mass is 10.4. The quantitative estimate of drug-likeness (QED) is 0.841. The van der Waals surface area contributed by atoms with Crippen LogP contribution in [0.1, 0.15) is 16.1 Å². The highest BCUT2D eigenvalue weighted by Crippen LogP contribution is 2.14. The van der Waals surface area contributed by atoms with E-state index < -0.39 is 26.8 Å².